The number of aromatic hydroxyl groups is 3. The second-order valence-electron chi connectivity index (χ2n) is 8.55. The summed E-state index contributed by atoms with van der Waals surface area (Å²) < 4.78 is 5.70. The van der Waals surface area contributed by atoms with Gasteiger partial charge in [-0.15, -0.1) is 0 Å². The zero-order valence-electron chi connectivity index (χ0n) is 19.1. The van der Waals surface area contributed by atoms with Crippen LogP contribution < -0.4 is 10.1 Å². The Morgan fingerprint density at radius 1 is 1.06 bits per heavy atom. The van der Waals surface area contributed by atoms with Gasteiger partial charge in [-0.05, 0) is 45.9 Å². The normalized spacial score (nSPS) is 19.9. The van der Waals surface area contributed by atoms with Gasteiger partial charge in [-0.1, -0.05) is 0 Å². The van der Waals surface area contributed by atoms with Gasteiger partial charge >= 0.3 is 5.97 Å². The highest BCUT2D eigenvalue weighted by Crippen LogP contribution is 2.57. The lowest BCUT2D eigenvalue weighted by Gasteiger charge is -2.29. The van der Waals surface area contributed by atoms with Crippen LogP contribution in [0.15, 0.2) is 41.3 Å². The molecule has 180 valence electrons. The number of ether oxygens (including phenoxy) is 1. The Balaban J connectivity index is 1.90. The summed E-state index contributed by atoms with van der Waals surface area (Å²) in [5.41, 5.74) is -2.47. The lowest BCUT2D eigenvalue weighted by molar-refractivity contribution is -0.123. The topological polar surface area (TPSA) is 170 Å². The van der Waals surface area contributed by atoms with Crippen LogP contribution in [0.5, 0.6) is 23.0 Å². The van der Waals surface area contributed by atoms with Crippen LogP contribution in [-0.2, 0) is 15.0 Å². The maximum atomic E-state index is 13.8. The predicted octanol–water partition coefficient (Wildman–Crippen LogP) is 3.08. The molecule has 0 bridgehead atoms. The molecule has 2 aromatic carbocycles. The SMILES string of the molecule is CC(=O)c1c(O)c(C)c(O)c2c1OC1=CC(=O)/C(=C(/C)Nc3cc(C(=O)O)ccc3O)C(=O)[C@@]12C. The Morgan fingerprint density at radius 2 is 1.71 bits per heavy atom. The van der Waals surface area contributed by atoms with Crippen LogP contribution in [0.3, 0.4) is 0 Å². The van der Waals surface area contributed by atoms with Crippen LogP contribution >= 0.6 is 0 Å². The lowest BCUT2D eigenvalue weighted by Crippen LogP contribution is -2.40. The summed E-state index contributed by atoms with van der Waals surface area (Å²) in [5.74, 6) is -4.86. The van der Waals surface area contributed by atoms with E-state index in [0.717, 1.165) is 18.2 Å². The molecule has 0 saturated heterocycles. The van der Waals surface area contributed by atoms with Crippen LogP contribution in [0.1, 0.15) is 52.6 Å². The van der Waals surface area contributed by atoms with E-state index in [4.69, 9.17) is 4.74 Å². The summed E-state index contributed by atoms with van der Waals surface area (Å²) >= 11 is 0. The molecule has 2 aliphatic rings. The zero-order chi connectivity index (χ0) is 26.0. The van der Waals surface area contributed by atoms with E-state index in [2.05, 4.69) is 5.32 Å². The molecule has 1 aliphatic carbocycles. The molecule has 1 aliphatic heterocycles. The number of Topliss-reactive ketones (excluding diaryl/α,β-unsaturated/α-hetero) is 2. The minimum absolute atomic E-state index is 0.0181. The van der Waals surface area contributed by atoms with Crippen molar-refractivity contribution in [2.45, 2.75) is 33.1 Å². The van der Waals surface area contributed by atoms with Crippen LogP contribution in [0.25, 0.3) is 0 Å². The van der Waals surface area contributed by atoms with Crippen LogP contribution in [0.4, 0.5) is 5.69 Å². The van der Waals surface area contributed by atoms with Gasteiger partial charge < -0.3 is 30.5 Å². The van der Waals surface area contributed by atoms with Crippen LogP contribution in [-0.4, -0.2) is 43.7 Å². The quantitative estimate of drug-likeness (QED) is 0.190. The summed E-state index contributed by atoms with van der Waals surface area (Å²) in [6, 6.07) is 3.50. The fourth-order valence-electron chi connectivity index (χ4n) is 4.40. The van der Waals surface area contributed by atoms with Crippen LogP contribution in [0.2, 0.25) is 0 Å². The second kappa shape index (κ2) is 7.73. The molecule has 5 N–H and O–H groups in total. The van der Waals surface area contributed by atoms with E-state index in [9.17, 15) is 39.6 Å². The molecule has 1 heterocycles. The van der Waals surface area contributed by atoms with E-state index in [0.29, 0.717) is 0 Å². The van der Waals surface area contributed by atoms with Crippen molar-refractivity contribution in [3.05, 3.63) is 63.6 Å². The fourth-order valence-corrected chi connectivity index (χ4v) is 4.40. The van der Waals surface area contributed by atoms with Gasteiger partial charge in [-0.25, -0.2) is 4.79 Å². The molecule has 1 atom stereocenters. The Bertz CT molecular complexity index is 1450. The molecule has 10 heteroatoms. The molecule has 10 nitrogen and oxygen atoms in total. The third kappa shape index (κ3) is 3.25. The third-order valence-electron chi connectivity index (χ3n) is 6.33. The first-order valence-corrected chi connectivity index (χ1v) is 10.4. The van der Waals surface area contributed by atoms with E-state index < -0.39 is 40.2 Å². The average molecular weight is 479 g/mol. The number of carbonyl (C=O) groups excluding carboxylic acids is 3. The second-order valence-corrected chi connectivity index (χ2v) is 8.55. The molecule has 0 spiro atoms. The number of nitrogens with one attached hydrogen (secondary N) is 1. The van der Waals surface area contributed by atoms with Gasteiger partial charge in [-0.3, -0.25) is 14.4 Å². The van der Waals surface area contributed by atoms with E-state index in [1.807, 2.05) is 0 Å². The number of ketones is 3. The van der Waals surface area contributed by atoms with Gasteiger partial charge in [0.05, 0.1) is 22.4 Å². The molecule has 0 amide bonds. The maximum absolute atomic E-state index is 13.8. The number of allylic oxidation sites excluding steroid dienone is 4. The number of hydrogen-bond acceptors (Lipinski definition) is 9. The first-order valence-electron chi connectivity index (χ1n) is 10.4. The molecule has 0 fully saturated rings. The molecule has 35 heavy (non-hydrogen) atoms. The lowest BCUT2D eigenvalue weighted by atomic mass is 9.70. The molecule has 0 saturated carbocycles. The number of carboxylic acid groups (broad SMARTS) is 1. The van der Waals surface area contributed by atoms with Crippen molar-refractivity contribution in [3.8, 4) is 23.0 Å². The largest absolute Gasteiger partial charge is 0.507 e. The Kier molecular flexibility index (Phi) is 5.20. The highest BCUT2D eigenvalue weighted by molar-refractivity contribution is 6.31. The minimum atomic E-state index is -1.70. The van der Waals surface area contributed by atoms with Crippen molar-refractivity contribution in [3.63, 3.8) is 0 Å². The van der Waals surface area contributed by atoms with Gasteiger partial charge in [0.15, 0.2) is 17.3 Å². The fraction of sp³-hybridized carbons (Fsp3) is 0.200. The number of fused-ring (bicyclic) bond motifs is 3. The Labute approximate surface area is 198 Å². The number of hydrogen-bond donors (Lipinski definition) is 5. The molecule has 0 aromatic heterocycles. The summed E-state index contributed by atoms with van der Waals surface area (Å²) in [7, 11) is 0. The number of rotatable bonds is 4. The van der Waals surface area contributed by atoms with E-state index in [-0.39, 0.29) is 56.5 Å². The zero-order valence-corrected chi connectivity index (χ0v) is 19.1. The van der Waals surface area contributed by atoms with Crippen molar-refractivity contribution >= 4 is 29.0 Å². The highest BCUT2D eigenvalue weighted by Gasteiger charge is 2.56. The van der Waals surface area contributed by atoms with Crippen molar-refractivity contribution in [1.82, 2.24) is 0 Å². The number of phenols is 3. The van der Waals surface area contributed by atoms with Crippen molar-refractivity contribution in [2.24, 2.45) is 0 Å². The van der Waals surface area contributed by atoms with E-state index >= 15 is 0 Å². The standard InChI is InChI=1S/C25H21NO9/c1-9-20(30)18(11(3)27)22-19(21(9)31)25(4)16(35-22)8-15(29)17(23(25)32)10(2)26-13-7-12(24(33)34)5-6-14(13)28/h5-8,26,28,30-31H,1-4H3,(H,33,34)/b17-10+/t25-/m0/s1. The van der Waals surface area contributed by atoms with Gasteiger partial charge in [-0.2, -0.15) is 0 Å². The van der Waals surface area contributed by atoms with Gasteiger partial charge in [0.1, 0.15) is 39.7 Å². The van der Waals surface area contributed by atoms with Gasteiger partial charge in [0, 0.05) is 17.3 Å². The maximum Gasteiger partial charge on any atom is 0.335 e. The summed E-state index contributed by atoms with van der Waals surface area (Å²) in [6.07, 6.45) is 1.06. The first kappa shape index (κ1) is 23.6. The minimum Gasteiger partial charge on any atom is -0.507 e. The number of benzene rings is 2. The highest BCUT2D eigenvalue weighted by atomic mass is 16.5. The van der Waals surface area contributed by atoms with Gasteiger partial charge in [0.2, 0.25) is 0 Å². The summed E-state index contributed by atoms with van der Waals surface area (Å²) in [5, 5.41) is 43.3. The average Bonchev–Trinajstić information content (AvgIpc) is 3.06. The predicted molar refractivity (Wildman–Crippen MR) is 122 cm³/mol. The number of phenolic OH excluding ortho intramolecular Hbond substituents is 3. The van der Waals surface area contributed by atoms with Crippen molar-refractivity contribution in [1.29, 1.82) is 0 Å². The number of aromatic carboxylic acids is 1. The summed E-state index contributed by atoms with van der Waals surface area (Å²) in [6.45, 7) is 5.40. The molecule has 2 aromatic rings. The number of anilines is 1. The van der Waals surface area contributed by atoms with Crippen molar-refractivity contribution < 1.29 is 44.3 Å². The number of carbonyl (C=O) groups is 4. The van der Waals surface area contributed by atoms with Gasteiger partial charge in [0.25, 0.3) is 0 Å². The van der Waals surface area contributed by atoms with E-state index in [1.165, 1.54) is 33.8 Å². The monoisotopic (exact) mass is 479 g/mol. The third-order valence-corrected chi connectivity index (χ3v) is 6.33. The Hall–Kier alpha value is -4.60. The molecule has 0 radical (unpaired) electrons. The molecule has 0 unspecified atom stereocenters. The number of carboxylic acids is 1. The molecular formula is C25H21NO9. The summed E-state index contributed by atoms with van der Waals surface area (Å²) in [4.78, 5) is 50.3. The smallest absolute Gasteiger partial charge is 0.335 e. The molecule has 4 rings (SSSR count). The van der Waals surface area contributed by atoms with Crippen molar-refractivity contribution in [2.75, 3.05) is 5.32 Å². The first-order chi connectivity index (χ1) is 16.3. The molecular weight excluding hydrogens is 458 g/mol. The van der Waals surface area contributed by atoms with Crippen LogP contribution in [0, 0.1) is 6.92 Å². The Morgan fingerprint density at radius 3 is 2.31 bits per heavy atom. The van der Waals surface area contributed by atoms with E-state index in [1.54, 1.807) is 0 Å².